The number of amides is 2. The van der Waals surface area contributed by atoms with Crippen LogP contribution in [-0.2, 0) is 32.6 Å². The normalized spacial score (nSPS) is 12.2. The number of nitrogens with one attached hydrogen (secondary N) is 1. The van der Waals surface area contributed by atoms with Gasteiger partial charge < -0.3 is 15.0 Å². The molecule has 1 atom stereocenters. The van der Waals surface area contributed by atoms with E-state index in [0.29, 0.717) is 0 Å². The van der Waals surface area contributed by atoms with E-state index in [1.165, 1.54) is 24.1 Å². The number of carbonyl (C=O) groups excluding carboxylic acids is 2. The first-order valence-corrected chi connectivity index (χ1v) is 17.1. The molecule has 242 valence electrons. The summed E-state index contributed by atoms with van der Waals surface area (Å²) < 4.78 is 36.0. The molecule has 1 unspecified atom stereocenters. The highest BCUT2D eigenvalue weighted by atomic mass is 79.9. The molecule has 0 saturated carbocycles. The summed E-state index contributed by atoms with van der Waals surface area (Å²) in [5.41, 5.74) is 2.16. The number of hydrogen-bond acceptors (Lipinski definition) is 5. The molecule has 0 aliphatic rings. The maximum absolute atomic E-state index is 14.6. The van der Waals surface area contributed by atoms with Crippen LogP contribution in [0.4, 0.5) is 5.69 Å². The van der Waals surface area contributed by atoms with E-state index in [0.717, 1.165) is 25.5 Å². The number of aryl methyl sites for hydroxylation is 1. The Morgan fingerprint density at radius 2 is 1.50 bits per heavy atom. The van der Waals surface area contributed by atoms with E-state index in [-0.39, 0.29) is 35.2 Å². The number of ether oxygens (including phenoxy) is 1. The number of methoxy groups -OCH3 is 1. The molecule has 8 nitrogen and oxygen atoms in total. The van der Waals surface area contributed by atoms with Crippen LogP contribution in [0.1, 0.15) is 37.5 Å². The molecule has 2 amide bonds. The van der Waals surface area contributed by atoms with Gasteiger partial charge in [0.2, 0.25) is 11.8 Å². The van der Waals surface area contributed by atoms with E-state index in [2.05, 4.69) is 21.2 Å². The Balaban J connectivity index is 1.85. The molecule has 0 bridgehead atoms. The molecule has 10 heteroatoms. The Bertz CT molecular complexity index is 1760. The zero-order valence-electron chi connectivity index (χ0n) is 26.7. The Morgan fingerprint density at radius 1 is 0.870 bits per heavy atom. The first-order chi connectivity index (χ1) is 21.8. The quantitative estimate of drug-likeness (QED) is 0.181. The monoisotopic (exact) mass is 705 g/mol. The van der Waals surface area contributed by atoms with Gasteiger partial charge in [0.15, 0.2) is 0 Å². The average Bonchev–Trinajstić information content (AvgIpc) is 3.01. The predicted molar refractivity (Wildman–Crippen MR) is 185 cm³/mol. The zero-order valence-corrected chi connectivity index (χ0v) is 29.1. The van der Waals surface area contributed by atoms with Gasteiger partial charge in [-0.05, 0) is 75.2 Å². The molecule has 0 aromatic heterocycles. The predicted octanol–water partition coefficient (Wildman–Crippen LogP) is 6.52. The molecule has 4 aromatic carbocycles. The number of hydrogen-bond donors (Lipinski definition) is 1. The van der Waals surface area contributed by atoms with Crippen molar-refractivity contribution in [2.45, 2.75) is 57.1 Å². The van der Waals surface area contributed by atoms with Crippen molar-refractivity contribution in [3.05, 3.63) is 124 Å². The largest absolute Gasteiger partial charge is 0.495 e. The van der Waals surface area contributed by atoms with Crippen molar-refractivity contribution >= 4 is 43.5 Å². The summed E-state index contributed by atoms with van der Waals surface area (Å²) in [7, 11) is -2.80. The maximum Gasteiger partial charge on any atom is 0.264 e. The average molecular weight is 707 g/mol. The van der Waals surface area contributed by atoms with Gasteiger partial charge in [-0.1, -0.05) is 88.2 Å². The van der Waals surface area contributed by atoms with Crippen LogP contribution < -0.4 is 14.4 Å². The van der Waals surface area contributed by atoms with Crippen molar-refractivity contribution in [3.8, 4) is 5.75 Å². The number of sulfonamides is 1. The zero-order chi connectivity index (χ0) is 33.5. The molecule has 4 rings (SSSR count). The Labute approximate surface area is 280 Å². The summed E-state index contributed by atoms with van der Waals surface area (Å²) in [6.45, 7) is 7.00. The van der Waals surface area contributed by atoms with Crippen LogP contribution in [0.2, 0.25) is 0 Å². The van der Waals surface area contributed by atoms with Crippen molar-refractivity contribution in [1.82, 2.24) is 10.2 Å². The highest BCUT2D eigenvalue weighted by Gasteiger charge is 2.36. The fraction of sp³-hybridized carbons (Fsp3) is 0.278. The number of rotatable bonds is 12. The number of halogens is 1. The third-order valence-corrected chi connectivity index (χ3v) is 9.52. The summed E-state index contributed by atoms with van der Waals surface area (Å²) >= 11 is 3.51. The van der Waals surface area contributed by atoms with E-state index in [1.807, 2.05) is 82.3 Å². The van der Waals surface area contributed by atoms with Gasteiger partial charge in [0.25, 0.3) is 10.0 Å². The first kappa shape index (κ1) is 34.7. The van der Waals surface area contributed by atoms with Crippen LogP contribution in [0.3, 0.4) is 0 Å². The summed E-state index contributed by atoms with van der Waals surface area (Å²) in [6.07, 6.45) is 0.224. The Kier molecular flexibility index (Phi) is 11.3. The van der Waals surface area contributed by atoms with Crippen LogP contribution in [-0.4, -0.2) is 50.4 Å². The summed E-state index contributed by atoms with van der Waals surface area (Å²) in [4.78, 5) is 30.1. The number of nitrogens with zero attached hydrogens (tertiary/aromatic N) is 2. The lowest BCUT2D eigenvalue weighted by atomic mass is 10.0. The third kappa shape index (κ3) is 8.98. The highest BCUT2D eigenvalue weighted by molar-refractivity contribution is 9.10. The highest BCUT2D eigenvalue weighted by Crippen LogP contribution is 2.33. The molecular weight excluding hydrogens is 666 g/mol. The molecule has 0 aliphatic heterocycles. The van der Waals surface area contributed by atoms with Crippen LogP contribution in [0.15, 0.2) is 112 Å². The van der Waals surface area contributed by atoms with Gasteiger partial charge in [0, 0.05) is 23.0 Å². The number of para-hydroxylation sites is 2. The fourth-order valence-corrected chi connectivity index (χ4v) is 6.90. The van der Waals surface area contributed by atoms with E-state index >= 15 is 0 Å². The first-order valence-electron chi connectivity index (χ1n) is 14.9. The molecule has 46 heavy (non-hydrogen) atoms. The smallest absolute Gasteiger partial charge is 0.264 e. The minimum Gasteiger partial charge on any atom is -0.495 e. The van der Waals surface area contributed by atoms with Crippen LogP contribution in [0.25, 0.3) is 0 Å². The second kappa shape index (κ2) is 15.0. The molecule has 0 radical (unpaired) electrons. The standard InChI is InChI=1S/C36H40BrN3O5S/c1-26-18-20-30(21-19-26)46(43,44)40(31-16-9-10-17-33(31)45-5)25-34(41)39(24-28-14-11-15-29(37)22-28)32(35(42)38-36(2,3)4)23-27-12-7-6-8-13-27/h6-22,32H,23-25H2,1-5H3,(H,38,42). The van der Waals surface area contributed by atoms with Gasteiger partial charge in [-0.2, -0.15) is 0 Å². The molecule has 0 heterocycles. The molecular formula is C36H40BrN3O5S. The van der Waals surface area contributed by atoms with E-state index in [9.17, 15) is 18.0 Å². The summed E-state index contributed by atoms with van der Waals surface area (Å²) in [6, 6.07) is 29.1. The molecule has 0 fully saturated rings. The van der Waals surface area contributed by atoms with Crippen molar-refractivity contribution in [3.63, 3.8) is 0 Å². The van der Waals surface area contributed by atoms with E-state index in [4.69, 9.17) is 4.74 Å². The second-order valence-electron chi connectivity index (χ2n) is 12.1. The topological polar surface area (TPSA) is 96.0 Å². The van der Waals surface area contributed by atoms with Crippen LogP contribution in [0, 0.1) is 6.92 Å². The Morgan fingerprint density at radius 3 is 2.13 bits per heavy atom. The molecule has 1 N–H and O–H groups in total. The van der Waals surface area contributed by atoms with Gasteiger partial charge in [-0.15, -0.1) is 0 Å². The lowest BCUT2D eigenvalue weighted by molar-refractivity contribution is -0.140. The van der Waals surface area contributed by atoms with Crippen molar-refractivity contribution in [2.75, 3.05) is 18.0 Å². The number of anilines is 1. The van der Waals surface area contributed by atoms with E-state index < -0.39 is 34.1 Å². The van der Waals surface area contributed by atoms with E-state index in [1.54, 1.807) is 36.4 Å². The minimum absolute atomic E-state index is 0.0293. The summed E-state index contributed by atoms with van der Waals surface area (Å²) in [5.74, 6) is -0.604. The molecule has 4 aromatic rings. The van der Waals surface area contributed by atoms with Gasteiger partial charge in [0.05, 0.1) is 17.7 Å². The lowest BCUT2D eigenvalue weighted by Gasteiger charge is -2.35. The molecule has 0 spiro atoms. The minimum atomic E-state index is -4.25. The summed E-state index contributed by atoms with van der Waals surface area (Å²) in [5, 5.41) is 3.04. The van der Waals surface area contributed by atoms with Crippen LogP contribution in [0.5, 0.6) is 5.75 Å². The number of carbonyl (C=O) groups is 2. The molecule has 0 saturated heterocycles. The fourth-order valence-electron chi connectivity index (χ4n) is 5.03. The van der Waals surface area contributed by atoms with Gasteiger partial charge in [-0.3, -0.25) is 13.9 Å². The number of benzene rings is 4. The Hall–Kier alpha value is -4.15. The third-order valence-electron chi connectivity index (χ3n) is 7.25. The van der Waals surface area contributed by atoms with Crippen molar-refractivity contribution in [2.24, 2.45) is 0 Å². The van der Waals surface area contributed by atoms with Gasteiger partial charge in [-0.25, -0.2) is 8.42 Å². The molecule has 0 aliphatic carbocycles. The SMILES string of the molecule is COc1ccccc1N(CC(=O)N(Cc1cccc(Br)c1)C(Cc1ccccc1)C(=O)NC(C)(C)C)S(=O)(=O)c1ccc(C)cc1. The van der Waals surface area contributed by atoms with Gasteiger partial charge >= 0.3 is 0 Å². The van der Waals surface area contributed by atoms with Crippen molar-refractivity contribution in [1.29, 1.82) is 0 Å². The van der Waals surface area contributed by atoms with Crippen molar-refractivity contribution < 1.29 is 22.7 Å². The van der Waals surface area contributed by atoms with Crippen LogP contribution >= 0.6 is 15.9 Å². The lowest BCUT2D eigenvalue weighted by Crippen LogP contribution is -2.56. The second-order valence-corrected chi connectivity index (χ2v) is 14.9. The van der Waals surface area contributed by atoms with Gasteiger partial charge in [0.1, 0.15) is 18.3 Å². The maximum atomic E-state index is 14.6.